The van der Waals surface area contributed by atoms with Crippen molar-refractivity contribution in [3.63, 3.8) is 0 Å². The number of nitrogens with zero attached hydrogens (tertiary/aromatic N) is 1. The summed E-state index contributed by atoms with van der Waals surface area (Å²) >= 11 is 0. The molecule has 1 aliphatic rings. The van der Waals surface area contributed by atoms with Crippen LogP contribution in [0, 0.1) is 0 Å². The highest BCUT2D eigenvalue weighted by Crippen LogP contribution is 2.32. The largest absolute Gasteiger partial charge is 0.497 e. The summed E-state index contributed by atoms with van der Waals surface area (Å²) in [6, 6.07) is 32.2. The fraction of sp³-hybridized carbons (Fsp3) is 0.0968. The van der Waals surface area contributed by atoms with Crippen LogP contribution in [-0.2, 0) is 17.9 Å². The lowest BCUT2D eigenvalue weighted by Crippen LogP contribution is -2.41. The van der Waals surface area contributed by atoms with Crippen LogP contribution in [0.25, 0.3) is 11.6 Å². The van der Waals surface area contributed by atoms with Gasteiger partial charge >= 0.3 is 0 Å². The minimum Gasteiger partial charge on any atom is -0.497 e. The SMILES string of the molecule is COc1ccc(CN2C(=O)/C(=C\c3ccc(OCc4ccccc4)cc3)c3ccccc3C2=O)cc1. The Morgan fingerprint density at radius 2 is 1.31 bits per heavy atom. The van der Waals surface area contributed by atoms with Crippen molar-refractivity contribution in [3.05, 3.63) is 131 Å². The Balaban J connectivity index is 1.40. The molecule has 0 N–H and O–H groups in total. The van der Waals surface area contributed by atoms with Crippen LogP contribution in [0.1, 0.15) is 32.6 Å². The second-order valence-electron chi connectivity index (χ2n) is 8.49. The maximum Gasteiger partial charge on any atom is 0.261 e. The zero-order valence-electron chi connectivity index (χ0n) is 19.9. The fourth-order valence-electron chi connectivity index (χ4n) is 4.17. The average molecular weight is 476 g/mol. The molecule has 4 aromatic carbocycles. The Morgan fingerprint density at radius 1 is 0.667 bits per heavy atom. The van der Waals surface area contributed by atoms with Crippen molar-refractivity contribution >= 4 is 23.5 Å². The van der Waals surface area contributed by atoms with Gasteiger partial charge in [-0.2, -0.15) is 0 Å². The molecule has 2 amide bonds. The third kappa shape index (κ3) is 4.91. The van der Waals surface area contributed by atoms with E-state index in [1.165, 1.54) is 4.90 Å². The third-order valence-corrected chi connectivity index (χ3v) is 6.11. The summed E-state index contributed by atoms with van der Waals surface area (Å²) in [5.74, 6) is 0.844. The molecular weight excluding hydrogens is 450 g/mol. The van der Waals surface area contributed by atoms with Crippen LogP contribution in [0.2, 0.25) is 0 Å². The number of imide groups is 1. The molecule has 0 saturated carbocycles. The molecule has 0 aliphatic carbocycles. The number of hydrogen-bond acceptors (Lipinski definition) is 4. The Hall–Kier alpha value is -4.64. The van der Waals surface area contributed by atoms with Crippen LogP contribution in [0.4, 0.5) is 0 Å². The van der Waals surface area contributed by atoms with Gasteiger partial charge in [0.25, 0.3) is 11.8 Å². The molecule has 178 valence electrons. The average Bonchev–Trinajstić information content (AvgIpc) is 2.94. The minimum atomic E-state index is -0.320. The van der Waals surface area contributed by atoms with E-state index >= 15 is 0 Å². The van der Waals surface area contributed by atoms with E-state index in [1.807, 2.05) is 103 Å². The number of benzene rings is 4. The molecule has 5 heteroatoms. The van der Waals surface area contributed by atoms with Gasteiger partial charge in [-0.05, 0) is 58.7 Å². The van der Waals surface area contributed by atoms with E-state index in [0.717, 1.165) is 28.2 Å². The first-order valence-electron chi connectivity index (χ1n) is 11.7. The van der Waals surface area contributed by atoms with Gasteiger partial charge < -0.3 is 9.47 Å². The van der Waals surface area contributed by atoms with Crippen LogP contribution in [0.15, 0.2) is 103 Å². The molecule has 5 rings (SSSR count). The normalized spacial score (nSPS) is 14.0. The van der Waals surface area contributed by atoms with E-state index < -0.39 is 0 Å². The number of rotatable bonds is 7. The quantitative estimate of drug-likeness (QED) is 0.243. The molecule has 0 radical (unpaired) electrons. The maximum atomic E-state index is 13.5. The molecule has 36 heavy (non-hydrogen) atoms. The van der Waals surface area contributed by atoms with E-state index in [1.54, 1.807) is 13.2 Å². The first-order valence-corrected chi connectivity index (χ1v) is 11.7. The number of carbonyl (C=O) groups is 2. The fourth-order valence-corrected chi connectivity index (χ4v) is 4.17. The number of carbonyl (C=O) groups excluding carboxylic acids is 2. The molecule has 0 unspecified atom stereocenters. The smallest absolute Gasteiger partial charge is 0.261 e. The summed E-state index contributed by atoms with van der Waals surface area (Å²) in [5, 5.41) is 0. The molecule has 4 aromatic rings. The molecule has 1 heterocycles. The van der Waals surface area contributed by atoms with Gasteiger partial charge in [0.1, 0.15) is 18.1 Å². The van der Waals surface area contributed by atoms with Gasteiger partial charge in [0.2, 0.25) is 0 Å². The van der Waals surface area contributed by atoms with E-state index in [4.69, 9.17) is 9.47 Å². The summed E-state index contributed by atoms with van der Waals surface area (Å²) in [7, 11) is 1.60. The lowest BCUT2D eigenvalue weighted by molar-refractivity contribution is -0.123. The maximum absolute atomic E-state index is 13.5. The number of methoxy groups -OCH3 is 1. The lowest BCUT2D eigenvalue weighted by Gasteiger charge is -2.29. The second-order valence-corrected chi connectivity index (χ2v) is 8.49. The van der Waals surface area contributed by atoms with E-state index in [-0.39, 0.29) is 18.4 Å². The highest BCUT2D eigenvalue weighted by atomic mass is 16.5. The van der Waals surface area contributed by atoms with Crippen LogP contribution in [-0.4, -0.2) is 23.8 Å². The third-order valence-electron chi connectivity index (χ3n) is 6.11. The Kier molecular flexibility index (Phi) is 6.63. The van der Waals surface area contributed by atoms with Gasteiger partial charge in [-0.25, -0.2) is 0 Å². The number of fused-ring (bicyclic) bond motifs is 1. The summed E-state index contributed by atoms with van der Waals surface area (Å²) in [6.07, 6.45) is 1.83. The minimum absolute atomic E-state index is 0.180. The number of amides is 2. The van der Waals surface area contributed by atoms with Crippen molar-refractivity contribution in [1.29, 1.82) is 0 Å². The van der Waals surface area contributed by atoms with Crippen LogP contribution in [0.5, 0.6) is 11.5 Å². The summed E-state index contributed by atoms with van der Waals surface area (Å²) < 4.78 is 11.1. The van der Waals surface area contributed by atoms with Gasteiger partial charge in [-0.1, -0.05) is 72.8 Å². The van der Waals surface area contributed by atoms with Gasteiger partial charge in [0.05, 0.1) is 13.7 Å². The van der Waals surface area contributed by atoms with Crippen molar-refractivity contribution in [2.45, 2.75) is 13.2 Å². The summed E-state index contributed by atoms with van der Waals surface area (Å²) in [6.45, 7) is 0.662. The van der Waals surface area contributed by atoms with Crippen molar-refractivity contribution in [3.8, 4) is 11.5 Å². The van der Waals surface area contributed by atoms with Crippen molar-refractivity contribution in [2.75, 3.05) is 7.11 Å². The van der Waals surface area contributed by atoms with Gasteiger partial charge in [-0.15, -0.1) is 0 Å². The predicted molar refractivity (Wildman–Crippen MR) is 139 cm³/mol. The van der Waals surface area contributed by atoms with Gasteiger partial charge in [0, 0.05) is 11.1 Å². The lowest BCUT2D eigenvalue weighted by atomic mass is 9.91. The molecule has 0 fully saturated rings. The van der Waals surface area contributed by atoms with Crippen LogP contribution < -0.4 is 9.47 Å². The molecule has 0 spiro atoms. The van der Waals surface area contributed by atoms with Crippen molar-refractivity contribution in [2.24, 2.45) is 0 Å². The topological polar surface area (TPSA) is 55.8 Å². The zero-order chi connectivity index (χ0) is 24.9. The molecule has 0 aromatic heterocycles. The second kappa shape index (κ2) is 10.3. The molecular formula is C31H25NO4. The number of ether oxygens (including phenoxy) is 2. The summed E-state index contributed by atoms with van der Waals surface area (Å²) in [4.78, 5) is 28.1. The Labute approximate surface area is 210 Å². The Morgan fingerprint density at radius 3 is 2.00 bits per heavy atom. The van der Waals surface area contributed by atoms with E-state index in [2.05, 4.69) is 0 Å². The molecule has 0 atom stereocenters. The summed E-state index contributed by atoms with van der Waals surface area (Å²) in [5.41, 5.74) is 4.42. The zero-order valence-corrected chi connectivity index (χ0v) is 19.9. The van der Waals surface area contributed by atoms with Gasteiger partial charge in [0.15, 0.2) is 0 Å². The first kappa shape index (κ1) is 23.1. The highest BCUT2D eigenvalue weighted by Gasteiger charge is 2.34. The van der Waals surface area contributed by atoms with E-state index in [9.17, 15) is 9.59 Å². The predicted octanol–water partition coefficient (Wildman–Crippen LogP) is 6.00. The Bertz CT molecular complexity index is 1410. The van der Waals surface area contributed by atoms with E-state index in [0.29, 0.717) is 23.3 Å². The van der Waals surface area contributed by atoms with Crippen molar-refractivity contribution in [1.82, 2.24) is 4.90 Å². The highest BCUT2D eigenvalue weighted by molar-refractivity contribution is 6.33. The monoisotopic (exact) mass is 475 g/mol. The van der Waals surface area contributed by atoms with Gasteiger partial charge in [-0.3, -0.25) is 14.5 Å². The molecule has 0 bridgehead atoms. The number of hydrogen-bond donors (Lipinski definition) is 0. The molecule has 0 saturated heterocycles. The molecule has 1 aliphatic heterocycles. The standard InChI is InChI=1S/C31H25NO4/c1-35-25-15-13-23(14-16-25)20-32-30(33)28-10-6-5-9-27(28)29(31(32)34)19-22-11-17-26(18-12-22)36-21-24-7-3-2-4-8-24/h2-19H,20-21H2,1H3/b29-19-. The van der Waals surface area contributed by atoms with Crippen LogP contribution >= 0.6 is 0 Å². The molecule has 5 nitrogen and oxygen atoms in total. The first-order chi connectivity index (χ1) is 17.6. The van der Waals surface area contributed by atoms with Crippen molar-refractivity contribution < 1.29 is 19.1 Å². The van der Waals surface area contributed by atoms with Crippen LogP contribution in [0.3, 0.4) is 0 Å².